The third-order valence-electron chi connectivity index (χ3n) is 5.45. The first kappa shape index (κ1) is 25.3. The van der Waals surface area contributed by atoms with Crippen LogP contribution in [0.5, 0.6) is 0 Å². The van der Waals surface area contributed by atoms with Gasteiger partial charge in [0.25, 0.3) is 0 Å². The van der Waals surface area contributed by atoms with E-state index in [1.165, 1.54) is 6.92 Å². The minimum Gasteiger partial charge on any atom is -0.458 e. The van der Waals surface area contributed by atoms with Gasteiger partial charge >= 0.3 is 5.97 Å². The number of esters is 1. The van der Waals surface area contributed by atoms with Crippen LogP contribution in [0.3, 0.4) is 0 Å². The maximum atomic E-state index is 12.2. The molecule has 5 nitrogen and oxygen atoms in total. The molecule has 1 aliphatic carbocycles. The Labute approximate surface area is 175 Å². The summed E-state index contributed by atoms with van der Waals surface area (Å²) >= 11 is 0. The molecule has 0 fully saturated rings. The van der Waals surface area contributed by atoms with Crippen molar-refractivity contribution in [1.29, 1.82) is 0 Å². The van der Waals surface area contributed by atoms with Crippen molar-refractivity contribution >= 4 is 17.5 Å². The normalized spacial score (nSPS) is 20.9. The maximum absolute atomic E-state index is 12.2. The van der Waals surface area contributed by atoms with Gasteiger partial charge in [-0.15, -0.1) is 0 Å². The van der Waals surface area contributed by atoms with E-state index in [0.717, 1.165) is 51.4 Å². The summed E-state index contributed by atoms with van der Waals surface area (Å²) in [6.45, 7) is 5.16. The van der Waals surface area contributed by atoms with Crippen LogP contribution in [0.1, 0.15) is 85.0 Å². The predicted molar refractivity (Wildman–Crippen MR) is 114 cm³/mol. The molecule has 0 aromatic carbocycles. The van der Waals surface area contributed by atoms with Gasteiger partial charge in [0.15, 0.2) is 11.6 Å². The van der Waals surface area contributed by atoms with Gasteiger partial charge in [-0.3, -0.25) is 14.4 Å². The van der Waals surface area contributed by atoms with E-state index < -0.39 is 11.6 Å². The number of allylic oxidation sites excluding steroid dienone is 3. The number of Topliss-reactive ketones (excluding diaryl/α,β-unsaturated/α-hetero) is 1. The van der Waals surface area contributed by atoms with Gasteiger partial charge in [0.2, 0.25) is 0 Å². The lowest BCUT2D eigenvalue weighted by molar-refractivity contribution is -0.145. The molecule has 164 valence electrons. The zero-order chi connectivity index (χ0) is 21.7. The molecule has 3 atom stereocenters. The average molecular weight is 407 g/mol. The summed E-state index contributed by atoms with van der Waals surface area (Å²) < 4.78 is 4.69. The lowest BCUT2D eigenvalue weighted by Crippen LogP contribution is -2.22. The molecule has 0 amide bonds. The summed E-state index contributed by atoms with van der Waals surface area (Å²) in [4.78, 5) is 34.4. The first-order valence-corrected chi connectivity index (χ1v) is 11.0. The number of aliphatic hydroxyl groups is 1. The fraction of sp³-hybridized carbons (Fsp3) is 0.708. The Morgan fingerprint density at radius 3 is 2.62 bits per heavy atom. The van der Waals surface area contributed by atoms with Gasteiger partial charge in [0.1, 0.15) is 6.61 Å². The van der Waals surface area contributed by atoms with Crippen LogP contribution in [-0.2, 0) is 19.1 Å². The summed E-state index contributed by atoms with van der Waals surface area (Å²) in [5.41, 5.74) is -0.679. The predicted octanol–water partition coefficient (Wildman–Crippen LogP) is 4.72. The summed E-state index contributed by atoms with van der Waals surface area (Å²) in [6, 6.07) is 0. The molecule has 5 heteroatoms. The molecule has 0 heterocycles. The highest BCUT2D eigenvalue weighted by Gasteiger charge is 2.28. The molecule has 0 saturated carbocycles. The Balaban J connectivity index is 2.27. The van der Waals surface area contributed by atoms with E-state index in [0.29, 0.717) is 12.8 Å². The van der Waals surface area contributed by atoms with E-state index in [9.17, 15) is 19.5 Å². The van der Waals surface area contributed by atoms with Crippen molar-refractivity contribution in [2.45, 2.75) is 90.6 Å². The highest BCUT2D eigenvalue weighted by molar-refractivity contribution is 5.94. The Kier molecular flexibility index (Phi) is 11.7. The molecule has 0 spiro atoms. The van der Waals surface area contributed by atoms with Gasteiger partial charge in [-0.25, -0.2) is 0 Å². The smallest absolute Gasteiger partial charge is 0.303 e. The molecule has 0 bridgehead atoms. The first-order chi connectivity index (χ1) is 13.7. The topological polar surface area (TPSA) is 80.7 Å². The highest BCUT2D eigenvalue weighted by atomic mass is 16.5. The molecule has 1 aliphatic rings. The van der Waals surface area contributed by atoms with Crippen molar-refractivity contribution in [3.63, 3.8) is 0 Å². The van der Waals surface area contributed by atoms with Crippen LogP contribution < -0.4 is 0 Å². The number of unbranched alkanes of at least 4 members (excludes halogenated alkanes) is 4. The number of carbonyl (C=O) groups excluding carboxylic acids is 3. The van der Waals surface area contributed by atoms with Gasteiger partial charge < -0.3 is 9.84 Å². The molecular formula is C24H38O5. The van der Waals surface area contributed by atoms with Crippen molar-refractivity contribution in [2.24, 2.45) is 11.8 Å². The number of hydrogen-bond donors (Lipinski definition) is 1. The number of hydrogen-bond acceptors (Lipinski definition) is 5. The zero-order valence-electron chi connectivity index (χ0n) is 18.3. The van der Waals surface area contributed by atoms with Crippen LogP contribution in [0.25, 0.3) is 0 Å². The van der Waals surface area contributed by atoms with Gasteiger partial charge in [-0.05, 0) is 38.7 Å². The lowest BCUT2D eigenvalue weighted by atomic mass is 9.88. The molecule has 0 aliphatic heterocycles. The number of ether oxygens (including phenoxy) is 1. The summed E-state index contributed by atoms with van der Waals surface area (Å²) in [5.74, 6) is -0.169. The van der Waals surface area contributed by atoms with Crippen molar-refractivity contribution in [1.82, 2.24) is 0 Å². The van der Waals surface area contributed by atoms with Crippen LogP contribution in [0.15, 0.2) is 24.3 Å². The third-order valence-corrected chi connectivity index (χ3v) is 5.45. The fourth-order valence-electron chi connectivity index (χ4n) is 3.62. The standard InChI is InChI=1S/C24H38O5/c1-4-5-16-24(3,28)17-10-11-20-14-15-23(27)22(20)13-9-7-6-8-12-21(26)18-29-19(2)25/h10-11,14-15,20,22,28H,4-9,12-13,16-18H2,1-3H3/b11-10+/t20-,22+,24?/m0/s1. The van der Waals surface area contributed by atoms with Crippen molar-refractivity contribution in [3.8, 4) is 0 Å². The molecule has 1 rings (SSSR count). The fourth-order valence-corrected chi connectivity index (χ4v) is 3.62. The quantitative estimate of drug-likeness (QED) is 0.242. The molecule has 29 heavy (non-hydrogen) atoms. The monoisotopic (exact) mass is 406 g/mol. The summed E-state index contributed by atoms with van der Waals surface area (Å²) in [6.07, 6.45) is 16.2. The number of ketones is 2. The van der Waals surface area contributed by atoms with E-state index in [1.54, 1.807) is 6.08 Å². The van der Waals surface area contributed by atoms with E-state index >= 15 is 0 Å². The van der Waals surface area contributed by atoms with Crippen LogP contribution in [0.4, 0.5) is 0 Å². The molecule has 0 radical (unpaired) electrons. The molecule has 0 saturated heterocycles. The zero-order valence-corrected chi connectivity index (χ0v) is 18.3. The largest absolute Gasteiger partial charge is 0.458 e. The average Bonchev–Trinajstić information content (AvgIpc) is 3.01. The Bertz CT molecular complexity index is 588. The first-order valence-electron chi connectivity index (χ1n) is 11.0. The van der Waals surface area contributed by atoms with E-state index in [1.807, 2.05) is 19.1 Å². The SMILES string of the molecule is CCCCC(C)(O)C/C=C/[C@H]1C=CC(=O)[C@@H]1CCCCCCC(=O)COC(C)=O. The van der Waals surface area contributed by atoms with Crippen molar-refractivity contribution < 1.29 is 24.2 Å². The number of carbonyl (C=O) groups is 3. The second kappa shape index (κ2) is 13.5. The Morgan fingerprint density at radius 2 is 1.93 bits per heavy atom. The second-order valence-electron chi connectivity index (χ2n) is 8.45. The van der Waals surface area contributed by atoms with E-state index in [4.69, 9.17) is 4.74 Å². The number of rotatable bonds is 15. The van der Waals surface area contributed by atoms with E-state index in [-0.39, 0.29) is 30.0 Å². The lowest BCUT2D eigenvalue weighted by Gasteiger charge is -2.21. The Morgan fingerprint density at radius 1 is 1.21 bits per heavy atom. The van der Waals surface area contributed by atoms with Crippen LogP contribution in [-0.4, -0.2) is 34.9 Å². The Hall–Kier alpha value is -1.75. The van der Waals surface area contributed by atoms with Gasteiger partial charge in [-0.2, -0.15) is 0 Å². The maximum Gasteiger partial charge on any atom is 0.303 e. The van der Waals surface area contributed by atoms with Gasteiger partial charge in [-0.1, -0.05) is 57.3 Å². The minimum atomic E-state index is -0.679. The van der Waals surface area contributed by atoms with Crippen molar-refractivity contribution in [3.05, 3.63) is 24.3 Å². The molecule has 1 N–H and O–H groups in total. The molecule has 0 aromatic heterocycles. The molecule has 0 aromatic rings. The highest BCUT2D eigenvalue weighted by Crippen LogP contribution is 2.29. The van der Waals surface area contributed by atoms with Crippen LogP contribution >= 0.6 is 0 Å². The van der Waals surface area contributed by atoms with Crippen molar-refractivity contribution in [2.75, 3.05) is 6.61 Å². The van der Waals surface area contributed by atoms with Crippen LogP contribution in [0, 0.1) is 11.8 Å². The van der Waals surface area contributed by atoms with Gasteiger partial charge in [0.05, 0.1) is 5.60 Å². The summed E-state index contributed by atoms with van der Waals surface area (Å²) in [5, 5.41) is 10.4. The van der Waals surface area contributed by atoms with E-state index in [2.05, 4.69) is 13.0 Å². The minimum absolute atomic E-state index is 0.00237. The van der Waals surface area contributed by atoms with Crippen LogP contribution in [0.2, 0.25) is 0 Å². The van der Waals surface area contributed by atoms with Gasteiger partial charge in [0, 0.05) is 25.2 Å². The second-order valence-corrected chi connectivity index (χ2v) is 8.45. The third kappa shape index (κ3) is 11.1. The molecular weight excluding hydrogens is 368 g/mol. The molecule has 1 unspecified atom stereocenters. The summed E-state index contributed by atoms with van der Waals surface area (Å²) in [7, 11) is 0.